The van der Waals surface area contributed by atoms with Crippen molar-refractivity contribution in [1.82, 2.24) is 14.9 Å². The fourth-order valence-electron chi connectivity index (χ4n) is 4.96. The van der Waals surface area contributed by atoms with E-state index in [1.165, 1.54) is 0 Å². The molecule has 0 spiro atoms. The second-order valence-electron chi connectivity index (χ2n) is 9.66. The summed E-state index contributed by atoms with van der Waals surface area (Å²) >= 11 is 1.59. The molecule has 206 valence electrons. The van der Waals surface area contributed by atoms with Crippen LogP contribution in [0.4, 0.5) is 0 Å². The van der Waals surface area contributed by atoms with E-state index in [4.69, 9.17) is 9.47 Å². The zero-order valence-electron chi connectivity index (χ0n) is 22.5. The smallest absolute Gasteiger partial charge is 0.252 e. The highest BCUT2D eigenvalue weighted by atomic mass is 32.2. The van der Waals surface area contributed by atoms with E-state index in [-0.39, 0.29) is 17.8 Å². The van der Waals surface area contributed by atoms with Crippen LogP contribution in [0.2, 0.25) is 0 Å². The van der Waals surface area contributed by atoms with Gasteiger partial charge < -0.3 is 19.4 Å². The molecule has 1 N–H and O–H groups in total. The number of ketones is 1. The molecule has 0 fully saturated rings. The molecule has 0 radical (unpaired) electrons. The Labute approximate surface area is 238 Å². The number of thioether (sulfide) groups is 1. The van der Waals surface area contributed by atoms with Crippen molar-refractivity contribution in [2.75, 3.05) is 20.3 Å². The molecule has 1 aliphatic carbocycles. The minimum atomic E-state index is -0.254. The fraction of sp³-hybridized carbons (Fsp3) is 0.281. The van der Waals surface area contributed by atoms with Crippen molar-refractivity contribution >= 4 is 23.5 Å². The summed E-state index contributed by atoms with van der Waals surface area (Å²) in [6.45, 7) is 1.49. The number of amides is 1. The molecule has 0 bridgehead atoms. The predicted octanol–water partition coefficient (Wildman–Crippen LogP) is 5.89. The van der Waals surface area contributed by atoms with Crippen molar-refractivity contribution in [2.45, 2.75) is 42.6 Å². The Hall–Kier alpha value is -3.88. The third-order valence-electron chi connectivity index (χ3n) is 6.99. The highest BCUT2D eigenvalue weighted by Crippen LogP contribution is 2.38. The third-order valence-corrected chi connectivity index (χ3v) is 8.09. The molecule has 4 aromatic rings. The van der Waals surface area contributed by atoms with Crippen LogP contribution in [0.1, 0.15) is 56.4 Å². The number of nitrogens with zero attached hydrogens (tertiary/aromatic N) is 2. The summed E-state index contributed by atoms with van der Waals surface area (Å²) < 4.78 is 13.8. The molecular weight excluding hydrogens is 522 g/mol. The first-order chi connectivity index (χ1) is 19.6. The number of nitrogens with one attached hydrogen (secondary N) is 1. The van der Waals surface area contributed by atoms with Crippen molar-refractivity contribution < 1.29 is 19.1 Å². The van der Waals surface area contributed by atoms with Crippen LogP contribution < -0.4 is 10.1 Å². The molecule has 1 heterocycles. The van der Waals surface area contributed by atoms with Gasteiger partial charge in [0.15, 0.2) is 5.78 Å². The number of carbonyl (C=O) groups excluding carboxylic acids is 2. The number of aromatic nitrogens is 2. The van der Waals surface area contributed by atoms with Gasteiger partial charge in [-0.3, -0.25) is 9.59 Å². The van der Waals surface area contributed by atoms with Crippen molar-refractivity contribution in [3.8, 4) is 5.75 Å². The number of fused-ring (bicyclic) bond motifs is 1. The second-order valence-corrected chi connectivity index (χ2v) is 10.7. The van der Waals surface area contributed by atoms with Gasteiger partial charge in [0, 0.05) is 54.2 Å². The molecule has 1 amide bonds. The van der Waals surface area contributed by atoms with E-state index in [2.05, 4.69) is 22.4 Å². The molecule has 5 rings (SSSR count). The number of hydrogen-bond donors (Lipinski definition) is 1. The van der Waals surface area contributed by atoms with E-state index >= 15 is 0 Å². The molecule has 3 aromatic carbocycles. The second kappa shape index (κ2) is 13.5. The van der Waals surface area contributed by atoms with E-state index in [9.17, 15) is 9.59 Å². The zero-order valence-corrected chi connectivity index (χ0v) is 23.4. The first-order valence-corrected chi connectivity index (χ1v) is 14.5. The van der Waals surface area contributed by atoms with Crippen LogP contribution in [0.5, 0.6) is 5.75 Å². The molecule has 1 aromatic heterocycles. The number of ether oxygens (including phenoxy) is 2. The van der Waals surface area contributed by atoms with E-state index in [0.29, 0.717) is 37.4 Å². The molecule has 7 nitrogen and oxygen atoms in total. The summed E-state index contributed by atoms with van der Waals surface area (Å²) in [6.07, 6.45) is 7.44. The number of methoxy groups -OCH3 is 1. The summed E-state index contributed by atoms with van der Waals surface area (Å²) in [5.41, 5.74) is 4.52. The highest BCUT2D eigenvalue weighted by molar-refractivity contribution is 7.98. The van der Waals surface area contributed by atoms with Gasteiger partial charge in [0.05, 0.1) is 25.0 Å². The SMILES string of the molecule is COCCNC(=O)c1ccccc1SCc1c(O[C@H](Cn2ccnc2)c2ccccc2)ccc2c1CCCC2=O. The number of carbonyl (C=O) groups is 2. The first-order valence-electron chi connectivity index (χ1n) is 13.5. The maximum atomic E-state index is 12.9. The Morgan fingerprint density at radius 3 is 2.70 bits per heavy atom. The first kappa shape index (κ1) is 27.7. The van der Waals surface area contributed by atoms with Crippen molar-refractivity contribution in [2.24, 2.45) is 0 Å². The summed E-state index contributed by atoms with van der Waals surface area (Å²) in [5.74, 6) is 1.37. The number of hydrogen-bond acceptors (Lipinski definition) is 6. The third kappa shape index (κ3) is 6.63. The maximum absolute atomic E-state index is 12.9. The quantitative estimate of drug-likeness (QED) is 0.173. The molecule has 1 aliphatic rings. The number of imidazole rings is 1. The fourth-order valence-corrected chi connectivity index (χ4v) is 6.06. The van der Waals surface area contributed by atoms with Gasteiger partial charge in [0.25, 0.3) is 5.91 Å². The maximum Gasteiger partial charge on any atom is 0.252 e. The Kier molecular flexibility index (Phi) is 9.31. The van der Waals surface area contributed by atoms with Gasteiger partial charge in [0.1, 0.15) is 11.9 Å². The van der Waals surface area contributed by atoms with E-state index < -0.39 is 0 Å². The van der Waals surface area contributed by atoms with Crippen molar-refractivity contribution in [3.05, 3.63) is 113 Å². The van der Waals surface area contributed by atoms with Crippen LogP contribution >= 0.6 is 11.8 Å². The topological polar surface area (TPSA) is 82.4 Å². The van der Waals surface area contributed by atoms with Crippen LogP contribution in [0.3, 0.4) is 0 Å². The van der Waals surface area contributed by atoms with E-state index in [1.54, 1.807) is 31.4 Å². The molecule has 40 heavy (non-hydrogen) atoms. The standard InChI is InChI=1S/C32H33N3O4S/c1-38-19-17-34-32(37)26-10-5-6-13-31(26)40-21-27-24-11-7-12-28(36)25(24)14-15-29(27)39-30(20-35-18-16-33-22-35)23-8-3-2-4-9-23/h2-6,8-10,13-16,18,22,30H,7,11-12,17,19-21H2,1H3,(H,34,37)/t30-/m1/s1. The molecule has 0 aliphatic heterocycles. The van der Waals surface area contributed by atoms with Crippen molar-refractivity contribution in [3.63, 3.8) is 0 Å². The Morgan fingerprint density at radius 2 is 1.90 bits per heavy atom. The van der Waals surface area contributed by atoms with Crippen LogP contribution in [0, 0.1) is 0 Å². The van der Waals surface area contributed by atoms with Gasteiger partial charge in [-0.15, -0.1) is 11.8 Å². The number of Topliss-reactive ketones (excluding diaryl/α,β-unsaturated/α-hetero) is 1. The molecule has 1 atom stereocenters. The van der Waals surface area contributed by atoms with Crippen LogP contribution in [0.25, 0.3) is 0 Å². The van der Waals surface area contributed by atoms with Crippen molar-refractivity contribution in [1.29, 1.82) is 0 Å². The average molecular weight is 556 g/mol. The Balaban J connectivity index is 1.46. The zero-order chi connectivity index (χ0) is 27.7. The lowest BCUT2D eigenvalue weighted by atomic mass is 9.87. The van der Waals surface area contributed by atoms with Gasteiger partial charge in [-0.1, -0.05) is 42.5 Å². The Morgan fingerprint density at radius 1 is 1.07 bits per heavy atom. The molecule has 0 saturated heterocycles. The number of rotatable bonds is 12. The lowest BCUT2D eigenvalue weighted by molar-refractivity contribution is 0.0932. The lowest BCUT2D eigenvalue weighted by Crippen LogP contribution is -2.27. The summed E-state index contributed by atoms with van der Waals surface area (Å²) in [7, 11) is 1.61. The van der Waals surface area contributed by atoms with Crippen LogP contribution in [0.15, 0.2) is 90.3 Å². The highest BCUT2D eigenvalue weighted by Gasteiger charge is 2.25. The predicted molar refractivity (Wildman–Crippen MR) is 156 cm³/mol. The molecule has 0 unspecified atom stereocenters. The largest absolute Gasteiger partial charge is 0.484 e. The summed E-state index contributed by atoms with van der Waals surface area (Å²) in [5, 5.41) is 2.92. The molecule has 8 heteroatoms. The van der Waals surface area contributed by atoms with Crippen LogP contribution in [-0.2, 0) is 23.5 Å². The Bertz CT molecular complexity index is 1440. The normalized spacial score (nSPS) is 13.5. The van der Waals surface area contributed by atoms with Crippen LogP contribution in [-0.4, -0.2) is 41.5 Å². The minimum absolute atomic E-state index is 0.133. The van der Waals surface area contributed by atoms with Gasteiger partial charge in [-0.05, 0) is 48.2 Å². The van der Waals surface area contributed by atoms with Gasteiger partial charge in [-0.25, -0.2) is 4.98 Å². The van der Waals surface area contributed by atoms with E-state index in [1.807, 2.05) is 65.4 Å². The molecular formula is C32H33N3O4S. The lowest BCUT2D eigenvalue weighted by Gasteiger charge is -2.26. The summed E-state index contributed by atoms with van der Waals surface area (Å²) in [4.78, 5) is 30.8. The summed E-state index contributed by atoms with van der Waals surface area (Å²) in [6, 6.07) is 21.6. The minimum Gasteiger partial charge on any atom is -0.484 e. The van der Waals surface area contributed by atoms with Gasteiger partial charge in [-0.2, -0.15) is 0 Å². The molecule has 0 saturated carbocycles. The van der Waals surface area contributed by atoms with E-state index in [0.717, 1.165) is 45.7 Å². The van der Waals surface area contributed by atoms with Gasteiger partial charge in [0.2, 0.25) is 0 Å². The average Bonchev–Trinajstić information content (AvgIpc) is 3.50. The van der Waals surface area contributed by atoms with Gasteiger partial charge >= 0.3 is 0 Å². The number of benzene rings is 3. The monoisotopic (exact) mass is 555 g/mol.